The van der Waals surface area contributed by atoms with Gasteiger partial charge >= 0.3 is 0 Å². The van der Waals surface area contributed by atoms with Crippen molar-refractivity contribution in [3.05, 3.63) is 60.6 Å². The van der Waals surface area contributed by atoms with E-state index in [1.807, 2.05) is 30.3 Å². The molecule has 146 valence electrons. The minimum absolute atomic E-state index is 0.0438. The van der Waals surface area contributed by atoms with Gasteiger partial charge in [-0.3, -0.25) is 4.79 Å². The van der Waals surface area contributed by atoms with Crippen LogP contribution in [-0.4, -0.2) is 52.0 Å². The van der Waals surface area contributed by atoms with Gasteiger partial charge in [0.25, 0.3) is 0 Å². The summed E-state index contributed by atoms with van der Waals surface area (Å²) in [4.78, 5) is 25.5. The molecule has 7 heteroatoms. The summed E-state index contributed by atoms with van der Waals surface area (Å²) >= 11 is 0. The van der Waals surface area contributed by atoms with Crippen molar-refractivity contribution in [2.75, 3.05) is 25.5 Å². The number of amides is 1. The lowest BCUT2D eigenvalue weighted by atomic mass is 10.2. The van der Waals surface area contributed by atoms with Gasteiger partial charge in [-0.05, 0) is 36.6 Å². The van der Waals surface area contributed by atoms with E-state index in [1.165, 1.54) is 12.4 Å². The number of aromatic nitrogens is 3. The SMILES string of the molecule is C=CC(=O)N1CCC(Nc2ncnc3[nH]c(C#Cc4ccccc4OC)cc23)C1. The summed E-state index contributed by atoms with van der Waals surface area (Å²) in [6, 6.07) is 9.69. The molecule has 29 heavy (non-hydrogen) atoms. The maximum Gasteiger partial charge on any atom is 0.246 e. The van der Waals surface area contributed by atoms with Crippen LogP contribution >= 0.6 is 0 Å². The second-order valence-electron chi connectivity index (χ2n) is 6.74. The number of likely N-dealkylation sites (tertiary alicyclic amines) is 1. The van der Waals surface area contributed by atoms with E-state index in [0.29, 0.717) is 18.7 Å². The first kappa shape index (κ1) is 18.6. The normalized spacial score (nSPS) is 15.6. The van der Waals surface area contributed by atoms with E-state index in [9.17, 15) is 4.79 Å². The number of benzene rings is 1. The number of nitrogens with one attached hydrogen (secondary N) is 2. The van der Waals surface area contributed by atoms with Crippen molar-refractivity contribution in [3.8, 4) is 17.6 Å². The highest BCUT2D eigenvalue weighted by atomic mass is 16.5. The van der Waals surface area contributed by atoms with Crippen molar-refractivity contribution >= 4 is 22.8 Å². The minimum Gasteiger partial charge on any atom is -0.495 e. The zero-order valence-corrected chi connectivity index (χ0v) is 16.1. The van der Waals surface area contributed by atoms with Gasteiger partial charge in [0.05, 0.1) is 23.8 Å². The summed E-state index contributed by atoms with van der Waals surface area (Å²) in [5, 5.41) is 4.30. The number of carbonyl (C=O) groups excluding carboxylic acids is 1. The van der Waals surface area contributed by atoms with Crippen LogP contribution in [0.1, 0.15) is 17.7 Å². The molecule has 1 aromatic carbocycles. The molecule has 2 N–H and O–H groups in total. The second kappa shape index (κ2) is 8.07. The molecule has 0 bridgehead atoms. The van der Waals surface area contributed by atoms with Crippen molar-refractivity contribution in [2.24, 2.45) is 0 Å². The first-order valence-corrected chi connectivity index (χ1v) is 9.34. The van der Waals surface area contributed by atoms with Crippen LogP contribution in [0.5, 0.6) is 5.75 Å². The molecule has 3 aromatic rings. The highest BCUT2D eigenvalue weighted by Crippen LogP contribution is 2.23. The van der Waals surface area contributed by atoms with E-state index in [4.69, 9.17) is 4.74 Å². The van der Waals surface area contributed by atoms with Crippen molar-refractivity contribution in [3.63, 3.8) is 0 Å². The first-order chi connectivity index (χ1) is 14.2. The molecule has 1 fully saturated rings. The second-order valence-corrected chi connectivity index (χ2v) is 6.74. The number of anilines is 1. The van der Waals surface area contributed by atoms with Crippen LogP contribution in [0.4, 0.5) is 5.82 Å². The van der Waals surface area contributed by atoms with Crippen molar-refractivity contribution in [2.45, 2.75) is 12.5 Å². The number of methoxy groups -OCH3 is 1. The van der Waals surface area contributed by atoms with E-state index in [-0.39, 0.29) is 11.9 Å². The Morgan fingerprint density at radius 3 is 3.07 bits per heavy atom. The molecular formula is C22H21N5O2. The molecule has 4 rings (SSSR count). The smallest absolute Gasteiger partial charge is 0.246 e. The van der Waals surface area contributed by atoms with Gasteiger partial charge < -0.3 is 19.9 Å². The molecule has 1 unspecified atom stereocenters. The van der Waals surface area contributed by atoms with Gasteiger partial charge in [-0.25, -0.2) is 9.97 Å². The van der Waals surface area contributed by atoms with Gasteiger partial charge in [-0.15, -0.1) is 0 Å². The monoisotopic (exact) mass is 387 g/mol. The van der Waals surface area contributed by atoms with Gasteiger partial charge in [0.1, 0.15) is 23.5 Å². The Hall–Kier alpha value is -3.79. The Morgan fingerprint density at radius 2 is 2.24 bits per heavy atom. The average Bonchev–Trinajstić information content (AvgIpc) is 3.39. The largest absolute Gasteiger partial charge is 0.495 e. The zero-order chi connectivity index (χ0) is 20.2. The molecule has 1 atom stereocenters. The number of carbonyl (C=O) groups is 1. The standard InChI is InChI=1S/C22H21N5O2/c1-3-20(28)27-11-10-17(13-27)26-22-18-12-16(25-21(18)23-14-24-22)9-8-15-6-4-5-7-19(15)29-2/h3-7,12,14,17H,1,10-11,13H2,2H3,(H2,23,24,25,26). The molecule has 1 aliphatic rings. The molecule has 1 amide bonds. The lowest BCUT2D eigenvalue weighted by Gasteiger charge is -2.15. The number of H-pyrrole nitrogens is 1. The summed E-state index contributed by atoms with van der Waals surface area (Å²) in [5.74, 6) is 7.68. The Bertz CT molecular complexity index is 1120. The molecule has 0 radical (unpaired) electrons. The molecule has 1 saturated heterocycles. The van der Waals surface area contributed by atoms with Gasteiger partial charge in [-0.1, -0.05) is 24.6 Å². The predicted octanol–water partition coefficient (Wildman–Crippen LogP) is 2.57. The Balaban J connectivity index is 1.56. The predicted molar refractivity (Wildman–Crippen MR) is 112 cm³/mol. The van der Waals surface area contributed by atoms with Gasteiger partial charge in [0.15, 0.2) is 0 Å². The molecule has 3 heterocycles. The zero-order valence-electron chi connectivity index (χ0n) is 16.1. The van der Waals surface area contributed by atoms with Crippen molar-refractivity contribution in [1.29, 1.82) is 0 Å². The number of hydrogen-bond acceptors (Lipinski definition) is 5. The Labute approximate surface area is 168 Å². The summed E-state index contributed by atoms with van der Waals surface area (Å²) in [7, 11) is 1.63. The van der Waals surface area contributed by atoms with Crippen LogP contribution in [-0.2, 0) is 4.79 Å². The van der Waals surface area contributed by atoms with Gasteiger partial charge in [0.2, 0.25) is 5.91 Å². The Kier molecular flexibility index (Phi) is 5.16. The summed E-state index contributed by atoms with van der Waals surface area (Å²) in [6.07, 6.45) is 3.72. The fraction of sp³-hybridized carbons (Fsp3) is 0.227. The minimum atomic E-state index is -0.0438. The fourth-order valence-electron chi connectivity index (χ4n) is 3.41. The maximum absolute atomic E-state index is 11.8. The molecular weight excluding hydrogens is 366 g/mol. The number of nitrogens with zero attached hydrogens (tertiary/aromatic N) is 3. The first-order valence-electron chi connectivity index (χ1n) is 9.34. The van der Waals surface area contributed by atoms with Crippen LogP contribution in [0.15, 0.2) is 49.3 Å². The van der Waals surface area contributed by atoms with Crippen LogP contribution in [0, 0.1) is 11.8 Å². The van der Waals surface area contributed by atoms with E-state index in [2.05, 4.69) is 38.7 Å². The number of hydrogen-bond donors (Lipinski definition) is 2. The number of aromatic amines is 1. The number of rotatable bonds is 4. The third-order valence-corrected chi connectivity index (χ3v) is 4.88. The van der Waals surface area contributed by atoms with Gasteiger partial charge in [-0.2, -0.15) is 0 Å². The maximum atomic E-state index is 11.8. The quantitative estimate of drug-likeness (QED) is 0.531. The molecule has 0 saturated carbocycles. The molecule has 0 aliphatic carbocycles. The highest BCUT2D eigenvalue weighted by molar-refractivity contribution is 5.89. The van der Waals surface area contributed by atoms with E-state index < -0.39 is 0 Å². The summed E-state index contributed by atoms with van der Waals surface area (Å²) in [5.41, 5.74) is 2.27. The van der Waals surface area contributed by atoms with Crippen LogP contribution in [0.25, 0.3) is 11.0 Å². The Morgan fingerprint density at radius 1 is 1.38 bits per heavy atom. The summed E-state index contributed by atoms with van der Waals surface area (Å²) < 4.78 is 5.34. The van der Waals surface area contributed by atoms with E-state index in [1.54, 1.807) is 12.0 Å². The molecule has 1 aliphatic heterocycles. The summed E-state index contributed by atoms with van der Waals surface area (Å²) in [6.45, 7) is 4.89. The molecule has 0 spiro atoms. The average molecular weight is 387 g/mol. The van der Waals surface area contributed by atoms with E-state index >= 15 is 0 Å². The van der Waals surface area contributed by atoms with E-state index in [0.717, 1.165) is 34.6 Å². The lowest BCUT2D eigenvalue weighted by molar-refractivity contribution is -0.125. The number of fused-ring (bicyclic) bond motifs is 1. The molecule has 2 aromatic heterocycles. The number of ether oxygens (including phenoxy) is 1. The van der Waals surface area contributed by atoms with Crippen molar-refractivity contribution in [1.82, 2.24) is 19.9 Å². The fourth-order valence-corrected chi connectivity index (χ4v) is 3.41. The van der Waals surface area contributed by atoms with Crippen LogP contribution in [0.2, 0.25) is 0 Å². The third-order valence-electron chi connectivity index (χ3n) is 4.88. The van der Waals surface area contributed by atoms with Crippen LogP contribution < -0.4 is 10.1 Å². The van der Waals surface area contributed by atoms with Crippen molar-refractivity contribution < 1.29 is 9.53 Å². The molecule has 7 nitrogen and oxygen atoms in total. The third kappa shape index (κ3) is 3.92. The van der Waals surface area contributed by atoms with Gasteiger partial charge in [0, 0.05) is 19.1 Å². The lowest BCUT2D eigenvalue weighted by Crippen LogP contribution is -2.30. The highest BCUT2D eigenvalue weighted by Gasteiger charge is 2.25. The topological polar surface area (TPSA) is 83.1 Å². The number of para-hydroxylation sites is 1. The van der Waals surface area contributed by atoms with Crippen LogP contribution in [0.3, 0.4) is 0 Å².